The first kappa shape index (κ1) is 16.6. The number of ether oxygens (including phenoxy) is 1. The van der Waals surface area contributed by atoms with Gasteiger partial charge in [-0.05, 0) is 44.0 Å². The van der Waals surface area contributed by atoms with Crippen LogP contribution in [0.5, 0.6) is 0 Å². The molecule has 21 heavy (non-hydrogen) atoms. The Morgan fingerprint density at radius 3 is 2.81 bits per heavy atom. The van der Waals surface area contributed by atoms with Gasteiger partial charge in [-0.3, -0.25) is 0 Å². The predicted octanol–water partition coefficient (Wildman–Crippen LogP) is 3.70. The number of halogens is 1. The summed E-state index contributed by atoms with van der Waals surface area (Å²) in [5.74, 6) is 0.656. The van der Waals surface area contributed by atoms with E-state index in [0.29, 0.717) is 5.92 Å². The van der Waals surface area contributed by atoms with Gasteiger partial charge in [0.15, 0.2) is 0 Å². The first-order valence-corrected chi connectivity index (χ1v) is 8.13. The lowest BCUT2D eigenvalue weighted by molar-refractivity contribution is -0.0277. The summed E-state index contributed by atoms with van der Waals surface area (Å²) < 4.78 is 5.81. The minimum absolute atomic E-state index is 0.108. The molecule has 0 saturated carbocycles. The molecule has 1 aromatic rings. The fraction of sp³-hybridized carbons (Fsp3) is 0.647. The molecule has 1 heterocycles. The third-order valence-corrected chi connectivity index (χ3v) is 3.92. The van der Waals surface area contributed by atoms with Crippen molar-refractivity contribution >= 4 is 17.3 Å². The summed E-state index contributed by atoms with van der Waals surface area (Å²) in [6, 6.07) is 6.19. The molecule has 0 aromatic heterocycles. The summed E-state index contributed by atoms with van der Waals surface area (Å²) >= 11 is 6.21. The summed E-state index contributed by atoms with van der Waals surface area (Å²) in [4.78, 5) is 2.39. The van der Waals surface area contributed by atoms with Gasteiger partial charge in [-0.2, -0.15) is 0 Å². The minimum Gasteiger partial charge on any atom is -0.372 e. The van der Waals surface area contributed by atoms with E-state index in [1.807, 2.05) is 6.07 Å². The van der Waals surface area contributed by atoms with Crippen LogP contribution in [-0.2, 0) is 11.3 Å². The Morgan fingerprint density at radius 2 is 2.14 bits per heavy atom. The van der Waals surface area contributed by atoms with Crippen LogP contribution in [0.3, 0.4) is 0 Å². The summed E-state index contributed by atoms with van der Waals surface area (Å²) in [5.41, 5.74) is 2.43. The van der Waals surface area contributed by atoms with Crippen molar-refractivity contribution in [2.45, 2.75) is 39.8 Å². The first-order chi connectivity index (χ1) is 9.87. The average Bonchev–Trinajstić information content (AvgIpc) is 2.39. The Kier molecular flexibility index (Phi) is 5.53. The normalized spacial score (nSPS) is 18.3. The van der Waals surface area contributed by atoms with Gasteiger partial charge in [0.05, 0.1) is 12.2 Å². The number of benzene rings is 1. The fourth-order valence-corrected chi connectivity index (χ4v) is 2.86. The maximum absolute atomic E-state index is 6.21. The zero-order chi connectivity index (χ0) is 15.5. The Balaban J connectivity index is 2.14. The minimum atomic E-state index is -0.108. The lowest BCUT2D eigenvalue weighted by atomic mass is 10.0. The molecule has 118 valence electrons. The molecule has 1 aromatic carbocycles. The quantitative estimate of drug-likeness (QED) is 0.897. The molecule has 0 atom stereocenters. The van der Waals surface area contributed by atoms with Crippen molar-refractivity contribution in [1.29, 1.82) is 0 Å². The average molecular weight is 311 g/mol. The maximum Gasteiger partial charge on any atom is 0.0801 e. The third-order valence-electron chi connectivity index (χ3n) is 3.68. The van der Waals surface area contributed by atoms with Crippen LogP contribution in [0.1, 0.15) is 33.3 Å². The van der Waals surface area contributed by atoms with Gasteiger partial charge in [0, 0.05) is 30.3 Å². The van der Waals surface area contributed by atoms with Crippen molar-refractivity contribution in [2.75, 3.05) is 31.1 Å². The van der Waals surface area contributed by atoms with Crippen LogP contribution < -0.4 is 10.2 Å². The number of hydrogen-bond acceptors (Lipinski definition) is 3. The summed E-state index contributed by atoms with van der Waals surface area (Å²) in [6.45, 7) is 13.2. The SMILES string of the molecule is CC(C)CNCc1ccc(Cl)cc1N1CCOC(C)(C)C1. The summed E-state index contributed by atoms with van der Waals surface area (Å²) in [5, 5.41) is 4.31. The van der Waals surface area contributed by atoms with Crippen LogP contribution in [0.2, 0.25) is 5.02 Å². The molecule has 1 aliphatic rings. The van der Waals surface area contributed by atoms with Crippen LogP contribution >= 0.6 is 11.6 Å². The van der Waals surface area contributed by atoms with Gasteiger partial charge in [-0.15, -0.1) is 0 Å². The van der Waals surface area contributed by atoms with Crippen LogP contribution in [0.25, 0.3) is 0 Å². The highest BCUT2D eigenvalue weighted by molar-refractivity contribution is 6.30. The van der Waals surface area contributed by atoms with Gasteiger partial charge in [0.1, 0.15) is 0 Å². The highest BCUT2D eigenvalue weighted by atomic mass is 35.5. The lowest BCUT2D eigenvalue weighted by Crippen LogP contribution is -2.48. The number of rotatable bonds is 5. The molecule has 2 rings (SSSR count). The summed E-state index contributed by atoms with van der Waals surface area (Å²) in [7, 11) is 0. The van der Waals surface area contributed by atoms with Crippen molar-refractivity contribution in [3.8, 4) is 0 Å². The van der Waals surface area contributed by atoms with Gasteiger partial charge in [-0.25, -0.2) is 0 Å². The van der Waals surface area contributed by atoms with Gasteiger partial charge in [0.25, 0.3) is 0 Å². The van der Waals surface area contributed by atoms with E-state index in [4.69, 9.17) is 16.3 Å². The molecular formula is C17H27ClN2O. The highest BCUT2D eigenvalue weighted by Crippen LogP contribution is 2.29. The van der Waals surface area contributed by atoms with E-state index < -0.39 is 0 Å². The smallest absolute Gasteiger partial charge is 0.0801 e. The largest absolute Gasteiger partial charge is 0.372 e. The monoisotopic (exact) mass is 310 g/mol. The maximum atomic E-state index is 6.21. The molecule has 0 bridgehead atoms. The van der Waals surface area contributed by atoms with Crippen molar-refractivity contribution in [3.05, 3.63) is 28.8 Å². The van der Waals surface area contributed by atoms with Gasteiger partial charge in [0.2, 0.25) is 0 Å². The van der Waals surface area contributed by atoms with E-state index in [1.54, 1.807) is 0 Å². The molecule has 0 aliphatic carbocycles. The molecule has 1 fully saturated rings. The number of anilines is 1. The van der Waals surface area contributed by atoms with E-state index in [9.17, 15) is 0 Å². The standard InChI is InChI=1S/C17H27ClN2O/c1-13(2)10-19-11-14-5-6-15(18)9-16(14)20-7-8-21-17(3,4)12-20/h5-6,9,13,19H,7-8,10-12H2,1-4H3. The van der Waals surface area contributed by atoms with E-state index in [-0.39, 0.29) is 5.60 Å². The molecule has 0 spiro atoms. The molecular weight excluding hydrogens is 284 g/mol. The number of hydrogen-bond donors (Lipinski definition) is 1. The highest BCUT2D eigenvalue weighted by Gasteiger charge is 2.28. The van der Waals surface area contributed by atoms with Crippen LogP contribution in [-0.4, -0.2) is 31.8 Å². The van der Waals surface area contributed by atoms with Crippen LogP contribution in [0, 0.1) is 5.92 Å². The second kappa shape index (κ2) is 6.99. The van der Waals surface area contributed by atoms with E-state index in [1.165, 1.54) is 11.3 Å². The Labute approximate surface area is 133 Å². The molecule has 1 N–H and O–H groups in total. The Hall–Kier alpha value is -0.770. The summed E-state index contributed by atoms with van der Waals surface area (Å²) in [6.07, 6.45) is 0. The van der Waals surface area contributed by atoms with E-state index in [0.717, 1.165) is 37.8 Å². The molecule has 3 nitrogen and oxygen atoms in total. The van der Waals surface area contributed by atoms with Gasteiger partial charge < -0.3 is 15.0 Å². The lowest BCUT2D eigenvalue weighted by Gasteiger charge is -2.40. The molecule has 1 saturated heterocycles. The fourth-order valence-electron chi connectivity index (χ4n) is 2.70. The van der Waals surface area contributed by atoms with Crippen molar-refractivity contribution < 1.29 is 4.74 Å². The molecule has 0 amide bonds. The second-order valence-corrected chi connectivity index (χ2v) is 7.26. The van der Waals surface area contributed by atoms with Crippen LogP contribution in [0.4, 0.5) is 5.69 Å². The van der Waals surface area contributed by atoms with Gasteiger partial charge >= 0.3 is 0 Å². The Bertz CT molecular complexity index is 474. The van der Waals surface area contributed by atoms with E-state index >= 15 is 0 Å². The molecule has 0 radical (unpaired) electrons. The third kappa shape index (κ3) is 4.87. The topological polar surface area (TPSA) is 24.5 Å². The molecule has 1 aliphatic heterocycles. The zero-order valence-corrected chi connectivity index (χ0v) is 14.3. The van der Waals surface area contributed by atoms with Crippen molar-refractivity contribution in [1.82, 2.24) is 5.32 Å². The molecule has 0 unspecified atom stereocenters. The van der Waals surface area contributed by atoms with Gasteiger partial charge in [-0.1, -0.05) is 31.5 Å². The first-order valence-electron chi connectivity index (χ1n) is 7.75. The van der Waals surface area contributed by atoms with E-state index in [2.05, 4.69) is 50.0 Å². The molecule has 4 heteroatoms. The second-order valence-electron chi connectivity index (χ2n) is 6.83. The Morgan fingerprint density at radius 1 is 1.38 bits per heavy atom. The van der Waals surface area contributed by atoms with Crippen LogP contribution in [0.15, 0.2) is 18.2 Å². The number of morpholine rings is 1. The van der Waals surface area contributed by atoms with Crippen molar-refractivity contribution in [2.24, 2.45) is 5.92 Å². The zero-order valence-electron chi connectivity index (χ0n) is 13.6. The predicted molar refractivity (Wildman–Crippen MR) is 90.2 cm³/mol. The van der Waals surface area contributed by atoms with Crippen molar-refractivity contribution in [3.63, 3.8) is 0 Å². The number of nitrogens with one attached hydrogen (secondary N) is 1. The number of nitrogens with zero attached hydrogens (tertiary/aromatic N) is 1.